The van der Waals surface area contributed by atoms with E-state index in [0.717, 1.165) is 5.56 Å². The highest BCUT2D eigenvalue weighted by molar-refractivity contribution is 8.18. The maximum atomic E-state index is 12.0. The van der Waals surface area contributed by atoms with Gasteiger partial charge in [0.05, 0.1) is 20.6 Å². The van der Waals surface area contributed by atoms with Crippen molar-refractivity contribution in [3.05, 3.63) is 63.0 Å². The van der Waals surface area contributed by atoms with Crippen LogP contribution in [0, 0.1) is 0 Å². The van der Waals surface area contributed by atoms with Gasteiger partial charge in [-0.2, -0.15) is 0 Å². The summed E-state index contributed by atoms with van der Waals surface area (Å²) in [5.74, 6) is -0.0930. The minimum atomic E-state index is -0.239. The van der Waals surface area contributed by atoms with Crippen LogP contribution in [0.1, 0.15) is 5.56 Å². The maximum absolute atomic E-state index is 12.0. The SMILES string of the molecule is O=C1NC(=Nc2ccc(Cl)c(Cl)c2)SC1=Cc1cccc(O)c1. The quantitative estimate of drug-likeness (QED) is 0.766. The summed E-state index contributed by atoms with van der Waals surface area (Å²) < 4.78 is 0. The normalized spacial score (nSPS) is 17.7. The molecule has 0 radical (unpaired) electrons. The number of hydrogen-bond acceptors (Lipinski definition) is 4. The lowest BCUT2D eigenvalue weighted by Gasteiger charge is -1.99. The summed E-state index contributed by atoms with van der Waals surface area (Å²) in [6.07, 6.45) is 1.69. The number of rotatable bonds is 2. The number of thioether (sulfide) groups is 1. The van der Waals surface area contributed by atoms with Crippen molar-refractivity contribution < 1.29 is 9.90 Å². The molecule has 0 spiro atoms. The molecule has 1 fully saturated rings. The number of hydrogen-bond donors (Lipinski definition) is 2. The zero-order chi connectivity index (χ0) is 16.4. The number of aromatic hydroxyl groups is 1. The summed E-state index contributed by atoms with van der Waals surface area (Å²) in [7, 11) is 0. The molecule has 0 bridgehead atoms. The van der Waals surface area contributed by atoms with E-state index in [4.69, 9.17) is 23.2 Å². The number of nitrogens with one attached hydrogen (secondary N) is 1. The molecule has 4 nitrogen and oxygen atoms in total. The first-order chi connectivity index (χ1) is 11.0. The Bertz CT molecular complexity index is 850. The molecule has 1 aliphatic heterocycles. The third-order valence-electron chi connectivity index (χ3n) is 2.95. The Labute approximate surface area is 146 Å². The Hall–Kier alpha value is -1.95. The Balaban J connectivity index is 1.84. The topological polar surface area (TPSA) is 61.7 Å². The number of halogens is 2. The second-order valence-electron chi connectivity index (χ2n) is 4.68. The number of aliphatic imine (C=N–C) groups is 1. The molecular formula is C16H10Cl2N2O2S. The molecule has 3 rings (SSSR count). The van der Waals surface area contributed by atoms with E-state index in [1.807, 2.05) is 0 Å². The van der Waals surface area contributed by atoms with E-state index in [0.29, 0.717) is 25.8 Å². The standard InChI is InChI=1S/C16H10Cl2N2O2S/c17-12-5-4-10(8-13(12)18)19-16-20-15(22)14(23-16)7-9-2-1-3-11(21)6-9/h1-8,21H,(H,19,20,22). The van der Waals surface area contributed by atoms with Gasteiger partial charge in [0.2, 0.25) is 0 Å². The van der Waals surface area contributed by atoms with Crippen LogP contribution >= 0.6 is 35.0 Å². The van der Waals surface area contributed by atoms with E-state index in [-0.39, 0.29) is 11.7 Å². The van der Waals surface area contributed by atoms with Gasteiger partial charge in [-0.25, -0.2) is 4.99 Å². The van der Waals surface area contributed by atoms with Crippen LogP contribution in [0.3, 0.4) is 0 Å². The van der Waals surface area contributed by atoms with Gasteiger partial charge in [0.15, 0.2) is 5.17 Å². The number of benzene rings is 2. The van der Waals surface area contributed by atoms with Gasteiger partial charge in [-0.15, -0.1) is 0 Å². The molecule has 0 aliphatic carbocycles. The van der Waals surface area contributed by atoms with Crippen molar-refractivity contribution in [2.45, 2.75) is 0 Å². The zero-order valence-corrected chi connectivity index (χ0v) is 13.9. The van der Waals surface area contributed by atoms with E-state index in [1.54, 1.807) is 48.5 Å². The highest BCUT2D eigenvalue weighted by atomic mass is 35.5. The highest BCUT2D eigenvalue weighted by Crippen LogP contribution is 2.31. The van der Waals surface area contributed by atoms with Gasteiger partial charge < -0.3 is 10.4 Å². The van der Waals surface area contributed by atoms with Gasteiger partial charge in [0.1, 0.15) is 5.75 Å². The van der Waals surface area contributed by atoms with Crippen LogP contribution in [0.25, 0.3) is 6.08 Å². The Morgan fingerprint density at radius 3 is 2.70 bits per heavy atom. The number of amides is 1. The summed E-state index contributed by atoms with van der Waals surface area (Å²) in [5.41, 5.74) is 1.33. The lowest BCUT2D eigenvalue weighted by molar-refractivity contribution is -0.115. The summed E-state index contributed by atoms with van der Waals surface area (Å²) in [4.78, 5) is 16.8. The molecule has 2 N–H and O–H groups in total. The van der Waals surface area contributed by atoms with Crippen LogP contribution in [0.2, 0.25) is 10.0 Å². The van der Waals surface area contributed by atoms with Gasteiger partial charge in [-0.1, -0.05) is 35.3 Å². The number of phenols is 1. The van der Waals surface area contributed by atoms with Crippen LogP contribution in [0.15, 0.2) is 52.4 Å². The molecule has 0 aromatic heterocycles. The second kappa shape index (κ2) is 6.66. The fourth-order valence-corrected chi connectivity index (χ4v) is 3.05. The van der Waals surface area contributed by atoms with Gasteiger partial charge in [0, 0.05) is 0 Å². The highest BCUT2D eigenvalue weighted by Gasteiger charge is 2.23. The van der Waals surface area contributed by atoms with E-state index in [9.17, 15) is 9.90 Å². The van der Waals surface area contributed by atoms with Gasteiger partial charge in [-0.3, -0.25) is 4.79 Å². The molecule has 0 unspecified atom stereocenters. The number of carbonyl (C=O) groups excluding carboxylic acids is 1. The molecule has 2 aromatic carbocycles. The number of amidine groups is 1. The molecule has 116 valence electrons. The number of carbonyl (C=O) groups is 1. The number of nitrogens with zero attached hydrogens (tertiary/aromatic N) is 1. The molecule has 23 heavy (non-hydrogen) atoms. The largest absolute Gasteiger partial charge is 0.508 e. The van der Waals surface area contributed by atoms with Crippen molar-refractivity contribution in [1.82, 2.24) is 5.32 Å². The number of phenolic OH excluding ortho intramolecular Hbond substituents is 1. The molecule has 1 saturated heterocycles. The van der Waals surface area contributed by atoms with Crippen LogP contribution in [0.4, 0.5) is 5.69 Å². The van der Waals surface area contributed by atoms with Gasteiger partial charge >= 0.3 is 0 Å². The second-order valence-corrected chi connectivity index (χ2v) is 6.52. The molecular weight excluding hydrogens is 355 g/mol. The monoisotopic (exact) mass is 364 g/mol. The predicted octanol–water partition coefficient (Wildman–Crippen LogP) is 4.59. The lowest BCUT2D eigenvalue weighted by atomic mass is 10.2. The van der Waals surface area contributed by atoms with E-state index in [1.165, 1.54) is 11.8 Å². The van der Waals surface area contributed by atoms with Crippen LogP contribution < -0.4 is 5.32 Å². The summed E-state index contributed by atoms with van der Waals surface area (Å²) in [6, 6.07) is 11.6. The van der Waals surface area contributed by atoms with E-state index < -0.39 is 0 Å². The average Bonchev–Trinajstić information content (AvgIpc) is 2.83. The van der Waals surface area contributed by atoms with Crippen molar-refractivity contribution in [2.75, 3.05) is 0 Å². The Morgan fingerprint density at radius 2 is 1.96 bits per heavy atom. The predicted molar refractivity (Wildman–Crippen MR) is 95.4 cm³/mol. The third kappa shape index (κ3) is 3.88. The minimum absolute atomic E-state index is 0.146. The van der Waals surface area contributed by atoms with Gasteiger partial charge in [0.25, 0.3) is 5.91 Å². The first-order valence-corrected chi connectivity index (χ1v) is 8.12. The molecule has 0 saturated carbocycles. The summed E-state index contributed by atoms with van der Waals surface area (Å²) >= 11 is 13.0. The molecule has 1 heterocycles. The van der Waals surface area contributed by atoms with Crippen molar-refractivity contribution in [3.8, 4) is 5.75 Å². The third-order valence-corrected chi connectivity index (χ3v) is 4.60. The van der Waals surface area contributed by atoms with Crippen LogP contribution in [0.5, 0.6) is 5.75 Å². The molecule has 2 aromatic rings. The van der Waals surface area contributed by atoms with Crippen molar-refractivity contribution >= 4 is 57.8 Å². The zero-order valence-electron chi connectivity index (χ0n) is 11.6. The Morgan fingerprint density at radius 1 is 1.13 bits per heavy atom. The maximum Gasteiger partial charge on any atom is 0.264 e. The molecule has 7 heteroatoms. The first kappa shape index (κ1) is 15.9. The van der Waals surface area contributed by atoms with E-state index >= 15 is 0 Å². The van der Waals surface area contributed by atoms with E-state index in [2.05, 4.69) is 10.3 Å². The molecule has 1 aliphatic rings. The molecule has 0 atom stereocenters. The Kier molecular flexibility index (Phi) is 4.61. The van der Waals surface area contributed by atoms with Crippen molar-refractivity contribution in [2.24, 2.45) is 4.99 Å². The average molecular weight is 365 g/mol. The van der Waals surface area contributed by atoms with Crippen molar-refractivity contribution in [1.29, 1.82) is 0 Å². The van der Waals surface area contributed by atoms with Crippen molar-refractivity contribution in [3.63, 3.8) is 0 Å². The fraction of sp³-hybridized carbons (Fsp3) is 0. The molecule has 1 amide bonds. The minimum Gasteiger partial charge on any atom is -0.508 e. The summed E-state index contributed by atoms with van der Waals surface area (Å²) in [6.45, 7) is 0. The van der Waals surface area contributed by atoms with Crippen LogP contribution in [-0.2, 0) is 4.79 Å². The lowest BCUT2D eigenvalue weighted by Crippen LogP contribution is -2.19. The first-order valence-electron chi connectivity index (χ1n) is 6.55. The summed E-state index contributed by atoms with van der Waals surface area (Å²) in [5, 5.41) is 13.5. The fourth-order valence-electron chi connectivity index (χ4n) is 1.92. The smallest absolute Gasteiger partial charge is 0.264 e. The van der Waals surface area contributed by atoms with Gasteiger partial charge in [-0.05, 0) is 53.7 Å². The van der Waals surface area contributed by atoms with Crippen LogP contribution in [-0.4, -0.2) is 16.2 Å².